The Hall–Kier alpha value is -4.52. The van der Waals surface area contributed by atoms with Gasteiger partial charge in [-0.1, -0.05) is 0 Å². The van der Waals surface area contributed by atoms with Crippen molar-refractivity contribution in [1.29, 1.82) is 0 Å². The van der Waals surface area contributed by atoms with Gasteiger partial charge in [-0.2, -0.15) is 0 Å². The third-order valence-electron chi connectivity index (χ3n) is 3.72. The molecule has 4 N–H and O–H groups in total. The number of carboxylic acid groups (broad SMARTS) is 4. The van der Waals surface area contributed by atoms with E-state index in [1.54, 1.807) is 0 Å². The highest BCUT2D eigenvalue weighted by atomic mass is 32.2. The molecule has 0 aliphatic carbocycles. The Morgan fingerprint density at radius 3 is 0.944 bits per heavy atom. The van der Waals surface area contributed by atoms with E-state index in [1.807, 2.05) is 0 Å². The highest BCUT2D eigenvalue weighted by Crippen LogP contribution is 2.18. The number of carbonyl (C=O) groups excluding carboxylic acids is 2. The summed E-state index contributed by atoms with van der Waals surface area (Å²) in [6, 6.07) is 5.35. The van der Waals surface area contributed by atoms with Crippen molar-refractivity contribution in [3.05, 3.63) is 69.8 Å². The first-order valence-corrected chi connectivity index (χ1v) is 10.5. The first kappa shape index (κ1) is 29.5. The summed E-state index contributed by atoms with van der Waals surface area (Å²) in [6.07, 6.45) is 0. The van der Waals surface area contributed by atoms with Gasteiger partial charge in [0.15, 0.2) is 0 Å². The van der Waals surface area contributed by atoms with E-state index < -0.39 is 80.8 Å². The average Bonchev–Trinajstić information content (AvgIpc) is 2.77. The molecule has 2 atom stereocenters. The maximum Gasteiger partial charge on any atom is 0.351 e. The van der Waals surface area contributed by atoms with Gasteiger partial charge in [0, 0.05) is 0 Å². The van der Waals surface area contributed by atoms with E-state index in [-0.39, 0.29) is 11.1 Å². The molecule has 0 amide bonds. The molecule has 0 heterocycles. The van der Waals surface area contributed by atoms with Gasteiger partial charge in [0.1, 0.15) is 22.7 Å². The van der Waals surface area contributed by atoms with Crippen molar-refractivity contribution in [2.45, 2.75) is 0 Å². The van der Waals surface area contributed by atoms with Crippen LogP contribution in [0.4, 0.5) is 0 Å². The number of hydrogen-bond acceptors (Lipinski definition) is 12. The van der Waals surface area contributed by atoms with Gasteiger partial charge in [0.25, 0.3) is 0 Å². The molecular weight excluding hydrogens is 536 g/mol. The van der Waals surface area contributed by atoms with E-state index in [0.717, 1.165) is 24.3 Å². The second-order valence-electron chi connectivity index (χ2n) is 5.89. The zero-order valence-corrected chi connectivity index (χ0v) is 18.6. The quantitative estimate of drug-likeness (QED) is 0.318. The molecule has 0 aromatic heterocycles. The molecule has 2 rings (SSSR count). The van der Waals surface area contributed by atoms with E-state index in [0.29, 0.717) is 12.1 Å². The van der Waals surface area contributed by atoms with E-state index in [1.165, 1.54) is 0 Å². The van der Waals surface area contributed by atoms with Gasteiger partial charge in [0.2, 0.25) is 0 Å². The van der Waals surface area contributed by atoms with Crippen molar-refractivity contribution < 1.29 is 75.1 Å². The summed E-state index contributed by atoms with van der Waals surface area (Å²) in [5.74, 6) is -8.90. The van der Waals surface area contributed by atoms with Crippen LogP contribution in [0, 0.1) is 0 Å². The lowest BCUT2D eigenvalue weighted by atomic mass is 9.98. The van der Waals surface area contributed by atoms with Crippen LogP contribution in [0.1, 0.15) is 62.1 Å². The number of hydrogen-bond donors (Lipinski definition) is 4. The Morgan fingerprint density at radius 2 is 0.778 bits per heavy atom. The molecule has 0 aliphatic heterocycles. The second-order valence-corrected chi connectivity index (χ2v) is 7.04. The standard InChI is InChI=1S/C10H6O8.C8H6O8S2/c11-7(12)3-1-4(8(13)14)6(10(17)18)2-5(3)9(15)16;9-7(15-17(11)12)5-1-2-6(4-3-5)8(10)16-18(13)14/h1-2H,(H,11,12)(H,13,14)(H,15,16)(H,17,18);1-4H,(H,11,12)(H,13,14)/p-2. The fourth-order valence-corrected chi connectivity index (χ4v) is 2.71. The molecule has 0 radical (unpaired) electrons. The van der Waals surface area contributed by atoms with E-state index in [9.17, 15) is 46.3 Å². The van der Waals surface area contributed by atoms with Crippen molar-refractivity contribution in [2.24, 2.45) is 0 Å². The van der Waals surface area contributed by atoms with E-state index >= 15 is 0 Å². The van der Waals surface area contributed by atoms with Crippen LogP contribution in [-0.4, -0.2) is 73.8 Å². The lowest BCUT2D eigenvalue weighted by Crippen LogP contribution is -2.15. The number of carbonyl (C=O) groups is 6. The maximum absolute atomic E-state index is 11.1. The molecule has 0 fully saturated rings. The molecule has 2 unspecified atom stereocenters. The van der Waals surface area contributed by atoms with Crippen LogP contribution < -0.4 is 0 Å². The summed E-state index contributed by atoms with van der Waals surface area (Å²) in [4.78, 5) is 65.3. The Kier molecular flexibility index (Phi) is 10.5. The summed E-state index contributed by atoms with van der Waals surface area (Å²) in [5, 5.41) is 35.0. The molecular formula is C18H10O16S2-2. The van der Waals surface area contributed by atoms with Crippen LogP contribution in [0.3, 0.4) is 0 Å². The Bertz CT molecular complexity index is 1140. The van der Waals surface area contributed by atoms with Crippen LogP contribution in [0.25, 0.3) is 0 Å². The van der Waals surface area contributed by atoms with Gasteiger partial charge in [-0.05, 0) is 36.4 Å². The molecule has 0 saturated carbocycles. The normalized spacial score (nSPS) is 11.6. The lowest BCUT2D eigenvalue weighted by Gasteiger charge is -2.07. The monoisotopic (exact) mass is 546 g/mol. The molecule has 0 saturated heterocycles. The van der Waals surface area contributed by atoms with Gasteiger partial charge >= 0.3 is 35.8 Å². The van der Waals surface area contributed by atoms with Gasteiger partial charge in [-0.15, -0.1) is 0 Å². The van der Waals surface area contributed by atoms with Gasteiger partial charge in [-0.25, -0.2) is 37.2 Å². The highest BCUT2D eigenvalue weighted by Gasteiger charge is 2.25. The van der Waals surface area contributed by atoms with Crippen molar-refractivity contribution in [3.63, 3.8) is 0 Å². The smallest absolute Gasteiger partial charge is 0.351 e. The van der Waals surface area contributed by atoms with E-state index in [4.69, 9.17) is 20.4 Å². The molecule has 192 valence electrons. The predicted octanol–water partition coefficient (Wildman–Crippen LogP) is 0.0678. The van der Waals surface area contributed by atoms with Gasteiger partial charge in [-0.3, -0.25) is 0 Å². The number of carboxylic acids is 4. The first-order valence-electron chi connectivity index (χ1n) is 8.50. The third kappa shape index (κ3) is 8.36. The fourth-order valence-electron chi connectivity index (χ4n) is 2.27. The SMILES string of the molecule is O=C(O)c1cc(C(=O)O)c(C(=O)O)cc1C(=O)O.O=C(OS(=O)[O-])c1ccc(C(=O)OS(=O)[O-])cc1. The summed E-state index contributed by atoms with van der Waals surface area (Å²) >= 11 is -5.98. The molecule has 0 spiro atoms. The molecule has 16 nitrogen and oxygen atoms in total. The number of benzene rings is 2. The van der Waals surface area contributed by atoms with Crippen LogP contribution in [0.2, 0.25) is 0 Å². The van der Waals surface area contributed by atoms with Crippen molar-refractivity contribution in [3.8, 4) is 0 Å². The molecule has 2 aromatic carbocycles. The summed E-state index contributed by atoms with van der Waals surface area (Å²) in [7, 11) is 0. The average molecular weight is 546 g/mol. The van der Waals surface area contributed by atoms with Crippen LogP contribution in [0.5, 0.6) is 0 Å². The van der Waals surface area contributed by atoms with Crippen molar-refractivity contribution in [1.82, 2.24) is 0 Å². The van der Waals surface area contributed by atoms with Crippen LogP contribution >= 0.6 is 0 Å². The maximum atomic E-state index is 11.1. The van der Waals surface area contributed by atoms with E-state index in [2.05, 4.69) is 8.37 Å². The second kappa shape index (κ2) is 12.8. The minimum Gasteiger partial charge on any atom is -0.740 e. The Morgan fingerprint density at radius 1 is 0.556 bits per heavy atom. The minimum atomic E-state index is -2.99. The zero-order valence-electron chi connectivity index (χ0n) is 17.0. The summed E-state index contributed by atoms with van der Waals surface area (Å²) in [5.41, 5.74) is -3.40. The molecule has 36 heavy (non-hydrogen) atoms. The molecule has 0 bridgehead atoms. The molecule has 2 aromatic rings. The Labute approximate surface area is 203 Å². The predicted molar refractivity (Wildman–Crippen MR) is 109 cm³/mol. The third-order valence-corrected chi connectivity index (χ3v) is 4.30. The van der Waals surface area contributed by atoms with Gasteiger partial charge < -0.3 is 37.9 Å². The molecule has 0 aliphatic rings. The lowest BCUT2D eigenvalue weighted by molar-refractivity contribution is 0.0637. The fraction of sp³-hybridized carbons (Fsp3) is 0. The van der Waals surface area contributed by atoms with Crippen molar-refractivity contribution in [2.75, 3.05) is 0 Å². The molecule has 18 heteroatoms. The van der Waals surface area contributed by atoms with Gasteiger partial charge in [0.05, 0.1) is 33.4 Å². The Balaban J connectivity index is 0.000000360. The van der Waals surface area contributed by atoms with Crippen molar-refractivity contribution >= 4 is 58.5 Å². The highest BCUT2D eigenvalue weighted by molar-refractivity contribution is 7.74. The number of rotatable bonds is 8. The summed E-state index contributed by atoms with van der Waals surface area (Å²) < 4.78 is 48.1. The minimum absolute atomic E-state index is 0.126. The van der Waals surface area contributed by atoms with Crippen LogP contribution in [0.15, 0.2) is 36.4 Å². The van der Waals surface area contributed by atoms with Crippen LogP contribution in [-0.2, 0) is 31.1 Å². The first-order chi connectivity index (χ1) is 16.6. The largest absolute Gasteiger partial charge is 0.740 e. The number of aromatic carboxylic acids is 4. The topological polar surface area (TPSA) is 282 Å². The zero-order chi connectivity index (χ0) is 27.7. The summed E-state index contributed by atoms with van der Waals surface area (Å²) in [6.45, 7) is 0.